The van der Waals surface area contributed by atoms with Gasteiger partial charge in [0.1, 0.15) is 17.1 Å². The van der Waals surface area contributed by atoms with E-state index in [1.54, 1.807) is 12.1 Å². The fourth-order valence-corrected chi connectivity index (χ4v) is 4.54. The quantitative estimate of drug-likeness (QED) is 0.444. The molecule has 1 N–H and O–H groups in total. The van der Waals surface area contributed by atoms with Gasteiger partial charge in [0, 0.05) is 24.8 Å². The number of halogens is 3. The normalized spacial score (nSPS) is 13.7. The molecule has 4 rings (SSSR count). The second-order valence-corrected chi connectivity index (χ2v) is 8.77. The van der Waals surface area contributed by atoms with Crippen LogP contribution in [-0.2, 0) is 0 Å². The monoisotopic (exact) mass is 528 g/mol. The molecule has 200 valence electrons. The molecule has 1 saturated heterocycles. The third-order valence-corrected chi connectivity index (χ3v) is 6.62. The molecule has 0 spiro atoms. The predicted octanol–water partition coefficient (Wildman–Crippen LogP) is 5.40. The number of anilines is 1. The molecule has 0 atom stereocenters. The van der Waals surface area contributed by atoms with Crippen LogP contribution in [0.3, 0.4) is 0 Å². The van der Waals surface area contributed by atoms with E-state index in [9.17, 15) is 22.8 Å². The largest absolute Gasteiger partial charge is 0.496 e. The molecule has 1 fully saturated rings. The molecule has 7 nitrogen and oxygen atoms in total. The lowest BCUT2D eigenvalue weighted by Gasteiger charge is -2.32. The third-order valence-electron chi connectivity index (χ3n) is 6.62. The van der Waals surface area contributed by atoms with Crippen molar-refractivity contribution in [3.8, 4) is 17.2 Å². The van der Waals surface area contributed by atoms with Crippen LogP contribution in [-0.4, -0.2) is 51.1 Å². The second kappa shape index (κ2) is 11.5. The van der Waals surface area contributed by atoms with E-state index >= 15 is 0 Å². The number of hydrogen-bond donors (Lipinski definition) is 1. The summed E-state index contributed by atoms with van der Waals surface area (Å²) in [6, 6.07) is 12.0. The van der Waals surface area contributed by atoms with E-state index in [2.05, 4.69) is 5.32 Å². The summed E-state index contributed by atoms with van der Waals surface area (Å²) >= 11 is 0. The molecule has 10 heteroatoms. The van der Waals surface area contributed by atoms with Gasteiger partial charge in [0.15, 0.2) is 23.1 Å². The Bertz CT molecular complexity index is 1310. The Labute approximate surface area is 218 Å². The number of carbonyl (C=O) groups excluding carboxylic acids is 2. The molecule has 0 bridgehead atoms. The Morgan fingerprint density at radius 2 is 1.39 bits per heavy atom. The summed E-state index contributed by atoms with van der Waals surface area (Å²) < 4.78 is 58.2. The fourth-order valence-electron chi connectivity index (χ4n) is 4.54. The molecule has 1 aliphatic heterocycles. The van der Waals surface area contributed by atoms with Crippen molar-refractivity contribution >= 4 is 17.5 Å². The predicted molar refractivity (Wildman–Crippen MR) is 135 cm³/mol. The van der Waals surface area contributed by atoms with Gasteiger partial charge in [-0.2, -0.15) is 0 Å². The average Bonchev–Trinajstić information content (AvgIpc) is 2.93. The minimum absolute atomic E-state index is 0.0788. The van der Waals surface area contributed by atoms with E-state index in [4.69, 9.17) is 14.2 Å². The maximum absolute atomic E-state index is 14.8. The summed E-state index contributed by atoms with van der Waals surface area (Å²) in [7, 11) is 3.85. The molecule has 0 saturated carbocycles. The summed E-state index contributed by atoms with van der Waals surface area (Å²) in [6.45, 7) is 0.611. The molecule has 0 aliphatic carbocycles. The Morgan fingerprint density at radius 1 is 0.816 bits per heavy atom. The highest BCUT2D eigenvalue weighted by Crippen LogP contribution is 2.34. The number of nitrogens with one attached hydrogen (secondary N) is 1. The Hall–Kier alpha value is -4.21. The molecule has 0 unspecified atom stereocenters. The van der Waals surface area contributed by atoms with E-state index in [0.29, 0.717) is 31.6 Å². The molecule has 3 aromatic carbocycles. The van der Waals surface area contributed by atoms with E-state index in [0.717, 1.165) is 17.7 Å². The summed E-state index contributed by atoms with van der Waals surface area (Å²) in [5.41, 5.74) is 0.902. The number of hydrogen-bond acceptors (Lipinski definition) is 5. The zero-order valence-electron chi connectivity index (χ0n) is 21.1. The lowest BCUT2D eigenvalue weighted by atomic mass is 9.89. The van der Waals surface area contributed by atoms with E-state index in [-0.39, 0.29) is 28.7 Å². The molecule has 2 amide bonds. The number of ether oxygens (including phenoxy) is 3. The van der Waals surface area contributed by atoms with Crippen molar-refractivity contribution in [3.05, 3.63) is 82.7 Å². The number of nitrogens with zero attached hydrogens (tertiary/aromatic N) is 1. The van der Waals surface area contributed by atoms with Gasteiger partial charge in [-0.1, -0.05) is 12.1 Å². The number of carbonyl (C=O) groups is 2. The highest BCUT2D eigenvalue weighted by Gasteiger charge is 2.31. The van der Waals surface area contributed by atoms with Crippen molar-refractivity contribution in [2.45, 2.75) is 18.8 Å². The first-order valence-corrected chi connectivity index (χ1v) is 11.9. The number of likely N-dealkylation sites (tertiary alicyclic amines) is 1. The van der Waals surface area contributed by atoms with Crippen molar-refractivity contribution in [2.24, 2.45) is 0 Å². The summed E-state index contributed by atoms with van der Waals surface area (Å²) in [4.78, 5) is 27.0. The fraction of sp³-hybridized carbons (Fsp3) is 0.286. The molecule has 38 heavy (non-hydrogen) atoms. The number of rotatable bonds is 7. The van der Waals surface area contributed by atoms with Crippen LogP contribution >= 0.6 is 0 Å². The third kappa shape index (κ3) is 5.39. The van der Waals surface area contributed by atoms with Gasteiger partial charge in [0.05, 0.1) is 26.9 Å². The van der Waals surface area contributed by atoms with Crippen molar-refractivity contribution in [2.75, 3.05) is 39.7 Å². The van der Waals surface area contributed by atoms with Gasteiger partial charge in [-0.05, 0) is 54.7 Å². The van der Waals surface area contributed by atoms with Crippen LogP contribution in [0.2, 0.25) is 0 Å². The van der Waals surface area contributed by atoms with Crippen molar-refractivity contribution in [1.29, 1.82) is 0 Å². The summed E-state index contributed by atoms with van der Waals surface area (Å²) in [5, 5.41) is 2.73. The number of methoxy groups -OCH3 is 3. The molecular weight excluding hydrogens is 501 g/mol. The Morgan fingerprint density at radius 3 is 1.95 bits per heavy atom. The van der Waals surface area contributed by atoms with Crippen molar-refractivity contribution in [1.82, 2.24) is 4.90 Å². The Kier molecular flexibility index (Phi) is 8.09. The first-order chi connectivity index (χ1) is 18.3. The standard InChI is InChI=1S/C28H27F3N2O5/c1-36-21-9-6-18(29)14-20(21)27(34)32-19-7-4-16(5-8-19)17-10-12-33(13-11-17)28(35)24-25(30)22(37-2)15-23(38-3)26(24)31/h4-9,14-15,17H,10-13H2,1-3H3,(H,32,34). The highest BCUT2D eigenvalue weighted by atomic mass is 19.1. The zero-order valence-corrected chi connectivity index (χ0v) is 21.1. The van der Waals surface area contributed by atoms with Crippen LogP contribution in [0.1, 0.15) is 45.0 Å². The number of piperidine rings is 1. The average molecular weight is 529 g/mol. The second-order valence-electron chi connectivity index (χ2n) is 8.77. The van der Waals surface area contributed by atoms with Gasteiger partial charge in [-0.15, -0.1) is 0 Å². The zero-order chi connectivity index (χ0) is 27.4. The van der Waals surface area contributed by atoms with Gasteiger partial charge < -0.3 is 24.4 Å². The van der Waals surface area contributed by atoms with Crippen LogP contribution in [0.15, 0.2) is 48.5 Å². The molecule has 1 heterocycles. The van der Waals surface area contributed by atoms with Crippen molar-refractivity contribution in [3.63, 3.8) is 0 Å². The maximum atomic E-state index is 14.8. The van der Waals surface area contributed by atoms with Gasteiger partial charge in [-0.25, -0.2) is 13.2 Å². The molecule has 0 aromatic heterocycles. The van der Waals surface area contributed by atoms with Crippen LogP contribution in [0.5, 0.6) is 17.2 Å². The topological polar surface area (TPSA) is 77.1 Å². The lowest BCUT2D eigenvalue weighted by molar-refractivity contribution is 0.0701. The summed E-state index contributed by atoms with van der Waals surface area (Å²) in [6.07, 6.45) is 1.17. The number of benzene rings is 3. The maximum Gasteiger partial charge on any atom is 0.260 e. The molecule has 3 aromatic rings. The first-order valence-electron chi connectivity index (χ1n) is 11.9. The van der Waals surface area contributed by atoms with Crippen LogP contribution in [0, 0.1) is 17.5 Å². The van der Waals surface area contributed by atoms with E-state index < -0.39 is 34.8 Å². The van der Waals surface area contributed by atoms with Crippen LogP contribution < -0.4 is 19.5 Å². The molecule has 1 aliphatic rings. The van der Waals surface area contributed by atoms with Gasteiger partial charge >= 0.3 is 0 Å². The van der Waals surface area contributed by atoms with E-state index in [1.807, 2.05) is 12.1 Å². The van der Waals surface area contributed by atoms with Crippen LogP contribution in [0.25, 0.3) is 0 Å². The van der Waals surface area contributed by atoms with Crippen molar-refractivity contribution < 1.29 is 37.0 Å². The lowest BCUT2D eigenvalue weighted by Crippen LogP contribution is -2.38. The molecule has 0 radical (unpaired) electrons. The minimum Gasteiger partial charge on any atom is -0.496 e. The van der Waals surface area contributed by atoms with Gasteiger partial charge in [0.25, 0.3) is 11.8 Å². The highest BCUT2D eigenvalue weighted by molar-refractivity contribution is 6.06. The van der Waals surface area contributed by atoms with Crippen LogP contribution in [0.4, 0.5) is 18.9 Å². The van der Waals surface area contributed by atoms with Gasteiger partial charge in [0.2, 0.25) is 0 Å². The van der Waals surface area contributed by atoms with Gasteiger partial charge in [-0.3, -0.25) is 9.59 Å². The van der Waals surface area contributed by atoms with E-state index in [1.165, 1.54) is 38.4 Å². The first kappa shape index (κ1) is 26.8. The molecular formula is C28H27F3N2O5. The smallest absolute Gasteiger partial charge is 0.260 e. The summed E-state index contributed by atoms with van der Waals surface area (Å²) in [5.74, 6) is -4.12. The SMILES string of the molecule is COc1ccc(F)cc1C(=O)Nc1ccc(C2CCN(C(=O)c3c(F)c(OC)cc(OC)c3F)CC2)cc1. The minimum atomic E-state index is -1.06. The Balaban J connectivity index is 1.41. The number of amides is 2.